The summed E-state index contributed by atoms with van der Waals surface area (Å²) in [6.07, 6.45) is 5.29. The van der Waals surface area contributed by atoms with Gasteiger partial charge in [-0.15, -0.1) is 24.0 Å². The lowest BCUT2D eigenvalue weighted by molar-refractivity contribution is 0.221. The molecule has 1 unspecified atom stereocenters. The van der Waals surface area contributed by atoms with Gasteiger partial charge in [0, 0.05) is 25.3 Å². The van der Waals surface area contributed by atoms with E-state index in [1.807, 2.05) is 24.3 Å². The standard InChI is InChI=1S/C22H33N5O.HI/c1-2-23-22(25-14-9-13-24-19-10-4-3-5-11-19)26-18-20(21-12-8-17-28-21)27-15-6-7-16-27;/h3-5,8,10-12,17,20,24H,2,6-7,9,13-16,18H2,1H3,(H2,23,25,26);1H. The Kier molecular flexibility index (Phi) is 10.9. The molecular weight excluding hydrogens is 477 g/mol. The minimum Gasteiger partial charge on any atom is -0.468 e. The molecule has 3 N–H and O–H groups in total. The number of guanidine groups is 1. The second-order valence-corrected chi connectivity index (χ2v) is 7.07. The van der Waals surface area contributed by atoms with Crippen LogP contribution in [-0.2, 0) is 0 Å². The summed E-state index contributed by atoms with van der Waals surface area (Å²) in [5, 5.41) is 10.2. The van der Waals surface area contributed by atoms with Crippen LogP contribution in [0.2, 0.25) is 0 Å². The Hall–Kier alpha value is -1.74. The highest BCUT2D eigenvalue weighted by Crippen LogP contribution is 2.25. The van der Waals surface area contributed by atoms with E-state index in [-0.39, 0.29) is 30.0 Å². The Morgan fingerprint density at radius 1 is 1.07 bits per heavy atom. The lowest BCUT2D eigenvalue weighted by Crippen LogP contribution is -2.39. The Balaban J connectivity index is 0.00000300. The molecule has 6 nitrogen and oxygen atoms in total. The molecule has 1 aromatic carbocycles. The van der Waals surface area contributed by atoms with Gasteiger partial charge in [0.15, 0.2) is 5.96 Å². The zero-order chi connectivity index (χ0) is 19.4. The van der Waals surface area contributed by atoms with E-state index in [4.69, 9.17) is 9.41 Å². The molecule has 1 aromatic heterocycles. The summed E-state index contributed by atoms with van der Waals surface area (Å²) in [5.74, 6) is 1.88. The number of halogens is 1. The first kappa shape index (κ1) is 23.5. The first-order valence-electron chi connectivity index (χ1n) is 10.5. The van der Waals surface area contributed by atoms with Gasteiger partial charge in [0.2, 0.25) is 0 Å². The zero-order valence-corrected chi connectivity index (χ0v) is 19.6. The number of likely N-dealkylation sites (tertiary alicyclic amines) is 1. The Bertz CT molecular complexity index is 686. The number of nitrogens with zero attached hydrogens (tertiary/aromatic N) is 2. The Morgan fingerprint density at radius 2 is 1.86 bits per heavy atom. The van der Waals surface area contributed by atoms with Crippen molar-refractivity contribution in [3.63, 3.8) is 0 Å². The third kappa shape index (κ3) is 7.89. The molecule has 1 atom stereocenters. The van der Waals surface area contributed by atoms with E-state index in [1.54, 1.807) is 6.26 Å². The fourth-order valence-corrected chi connectivity index (χ4v) is 3.52. The van der Waals surface area contributed by atoms with Gasteiger partial charge in [0.25, 0.3) is 0 Å². The number of nitrogens with one attached hydrogen (secondary N) is 3. The molecule has 0 aliphatic carbocycles. The van der Waals surface area contributed by atoms with Gasteiger partial charge in [-0.2, -0.15) is 0 Å². The second-order valence-electron chi connectivity index (χ2n) is 7.07. The summed E-state index contributed by atoms with van der Waals surface area (Å²) in [6.45, 7) is 7.69. The molecule has 3 rings (SSSR count). The number of hydrogen-bond donors (Lipinski definition) is 3. The van der Waals surface area contributed by atoms with Crippen molar-refractivity contribution in [2.75, 3.05) is 44.6 Å². The lowest BCUT2D eigenvalue weighted by atomic mass is 10.2. The van der Waals surface area contributed by atoms with Crippen molar-refractivity contribution in [2.24, 2.45) is 4.99 Å². The predicted octanol–water partition coefficient (Wildman–Crippen LogP) is 4.09. The van der Waals surface area contributed by atoms with Crippen LogP contribution in [0.15, 0.2) is 58.1 Å². The van der Waals surface area contributed by atoms with Crippen LogP contribution in [0, 0.1) is 0 Å². The molecule has 2 aromatic rings. The maximum atomic E-state index is 5.70. The lowest BCUT2D eigenvalue weighted by Gasteiger charge is -2.24. The third-order valence-corrected chi connectivity index (χ3v) is 4.97. The molecular formula is C22H34IN5O. The molecule has 1 aliphatic heterocycles. The zero-order valence-electron chi connectivity index (χ0n) is 17.3. The summed E-state index contributed by atoms with van der Waals surface area (Å²) in [5.41, 5.74) is 1.16. The van der Waals surface area contributed by atoms with Gasteiger partial charge < -0.3 is 20.4 Å². The highest BCUT2D eigenvalue weighted by Gasteiger charge is 2.25. The smallest absolute Gasteiger partial charge is 0.191 e. The molecule has 1 saturated heterocycles. The number of para-hydroxylation sites is 1. The SMILES string of the molecule is CCNC(=NCC(c1ccco1)N1CCCC1)NCCCNc1ccccc1.I. The van der Waals surface area contributed by atoms with Crippen LogP contribution < -0.4 is 16.0 Å². The molecule has 1 fully saturated rings. The van der Waals surface area contributed by atoms with Crippen molar-refractivity contribution >= 4 is 35.6 Å². The first-order valence-corrected chi connectivity index (χ1v) is 10.5. The molecule has 0 amide bonds. The normalized spacial score (nSPS) is 15.6. The summed E-state index contributed by atoms with van der Waals surface area (Å²) in [6, 6.07) is 14.5. The van der Waals surface area contributed by atoms with E-state index in [2.05, 4.69) is 46.0 Å². The highest BCUT2D eigenvalue weighted by molar-refractivity contribution is 14.0. The molecule has 160 valence electrons. The van der Waals surface area contributed by atoms with Crippen molar-refractivity contribution in [3.8, 4) is 0 Å². The number of rotatable bonds is 10. The third-order valence-electron chi connectivity index (χ3n) is 4.97. The van der Waals surface area contributed by atoms with E-state index in [9.17, 15) is 0 Å². The number of benzene rings is 1. The predicted molar refractivity (Wildman–Crippen MR) is 131 cm³/mol. The average Bonchev–Trinajstić information content (AvgIpc) is 3.43. The molecule has 0 saturated carbocycles. The topological polar surface area (TPSA) is 64.8 Å². The minimum atomic E-state index is 0. The number of hydrogen-bond acceptors (Lipinski definition) is 4. The van der Waals surface area contributed by atoms with E-state index in [0.717, 1.165) is 56.6 Å². The van der Waals surface area contributed by atoms with Gasteiger partial charge in [0.05, 0.1) is 18.8 Å². The Morgan fingerprint density at radius 3 is 2.55 bits per heavy atom. The van der Waals surface area contributed by atoms with Crippen molar-refractivity contribution in [2.45, 2.75) is 32.2 Å². The van der Waals surface area contributed by atoms with Crippen LogP contribution in [0.4, 0.5) is 5.69 Å². The van der Waals surface area contributed by atoms with Crippen molar-refractivity contribution in [1.82, 2.24) is 15.5 Å². The average molecular weight is 511 g/mol. The van der Waals surface area contributed by atoms with Crippen LogP contribution in [0.1, 0.15) is 38.0 Å². The molecule has 2 heterocycles. The molecule has 29 heavy (non-hydrogen) atoms. The van der Waals surface area contributed by atoms with Crippen molar-refractivity contribution < 1.29 is 4.42 Å². The van der Waals surface area contributed by atoms with E-state index in [0.29, 0.717) is 6.54 Å². The molecule has 0 radical (unpaired) electrons. The van der Waals surface area contributed by atoms with Gasteiger partial charge in [-0.25, -0.2) is 0 Å². The van der Waals surface area contributed by atoms with E-state index >= 15 is 0 Å². The highest BCUT2D eigenvalue weighted by atomic mass is 127. The summed E-state index contributed by atoms with van der Waals surface area (Å²) < 4.78 is 5.70. The van der Waals surface area contributed by atoms with Crippen molar-refractivity contribution in [1.29, 1.82) is 0 Å². The van der Waals surface area contributed by atoms with Gasteiger partial charge >= 0.3 is 0 Å². The van der Waals surface area contributed by atoms with Gasteiger partial charge in [0.1, 0.15) is 5.76 Å². The second kappa shape index (κ2) is 13.5. The van der Waals surface area contributed by atoms with Crippen LogP contribution in [-0.4, -0.2) is 50.1 Å². The molecule has 1 aliphatic rings. The summed E-state index contributed by atoms with van der Waals surface area (Å²) in [4.78, 5) is 7.32. The molecule has 0 spiro atoms. The first-order chi connectivity index (χ1) is 13.9. The molecule has 0 bridgehead atoms. The maximum Gasteiger partial charge on any atom is 0.191 e. The maximum absolute atomic E-state index is 5.70. The van der Waals surface area contributed by atoms with Gasteiger partial charge in [-0.05, 0) is 63.5 Å². The number of anilines is 1. The Labute approximate surface area is 191 Å². The fraction of sp³-hybridized carbons (Fsp3) is 0.500. The number of furan rings is 1. The summed E-state index contributed by atoms with van der Waals surface area (Å²) >= 11 is 0. The summed E-state index contributed by atoms with van der Waals surface area (Å²) in [7, 11) is 0. The van der Waals surface area contributed by atoms with Crippen molar-refractivity contribution in [3.05, 3.63) is 54.5 Å². The van der Waals surface area contributed by atoms with Crippen LogP contribution in [0.25, 0.3) is 0 Å². The van der Waals surface area contributed by atoms with E-state index in [1.165, 1.54) is 12.8 Å². The van der Waals surface area contributed by atoms with E-state index < -0.39 is 0 Å². The number of aliphatic imine (C=N–C) groups is 1. The minimum absolute atomic E-state index is 0. The quantitative estimate of drug-likeness (QED) is 0.194. The monoisotopic (exact) mass is 511 g/mol. The van der Waals surface area contributed by atoms with Crippen LogP contribution >= 0.6 is 24.0 Å². The van der Waals surface area contributed by atoms with Gasteiger partial charge in [-0.1, -0.05) is 18.2 Å². The molecule has 7 heteroatoms. The van der Waals surface area contributed by atoms with Crippen LogP contribution in [0.3, 0.4) is 0 Å². The fourth-order valence-electron chi connectivity index (χ4n) is 3.52. The van der Waals surface area contributed by atoms with Gasteiger partial charge in [-0.3, -0.25) is 9.89 Å². The largest absolute Gasteiger partial charge is 0.468 e. The van der Waals surface area contributed by atoms with Crippen LogP contribution in [0.5, 0.6) is 0 Å².